The predicted molar refractivity (Wildman–Crippen MR) is 80.1 cm³/mol. The summed E-state index contributed by atoms with van der Waals surface area (Å²) in [5.74, 6) is -0.733. The van der Waals surface area contributed by atoms with Gasteiger partial charge in [-0.3, -0.25) is 4.79 Å². The van der Waals surface area contributed by atoms with E-state index in [1.165, 1.54) is 11.3 Å². The number of hydrogen-bond acceptors (Lipinski definition) is 4. The minimum atomic E-state index is -0.904. The summed E-state index contributed by atoms with van der Waals surface area (Å²) >= 11 is 1.42. The smallest absolute Gasteiger partial charge is 0.340 e. The molecule has 1 fully saturated rings. The second-order valence-electron chi connectivity index (χ2n) is 4.99. The predicted octanol–water partition coefficient (Wildman–Crippen LogP) is 2.92. The van der Waals surface area contributed by atoms with E-state index in [-0.39, 0.29) is 11.9 Å². The number of esters is 1. The molecule has 1 saturated carbocycles. The SMILES string of the molecule is O=C(OC(C(=O)NC1CC1)c1ccccc1)c1ccsc1. The zero-order valence-corrected chi connectivity index (χ0v) is 12.1. The van der Waals surface area contributed by atoms with E-state index >= 15 is 0 Å². The van der Waals surface area contributed by atoms with E-state index in [4.69, 9.17) is 4.74 Å². The van der Waals surface area contributed by atoms with Gasteiger partial charge in [-0.2, -0.15) is 11.3 Å². The average molecular weight is 301 g/mol. The minimum absolute atomic E-state index is 0.226. The van der Waals surface area contributed by atoms with Crippen molar-refractivity contribution in [2.75, 3.05) is 0 Å². The number of carbonyl (C=O) groups excluding carboxylic acids is 2. The van der Waals surface area contributed by atoms with E-state index in [2.05, 4.69) is 5.32 Å². The number of ether oxygens (including phenoxy) is 1. The van der Waals surface area contributed by atoms with E-state index in [0.29, 0.717) is 11.1 Å². The fraction of sp³-hybridized carbons (Fsp3) is 0.250. The third kappa shape index (κ3) is 3.49. The number of thiophene rings is 1. The lowest BCUT2D eigenvalue weighted by Crippen LogP contribution is -2.33. The fourth-order valence-electron chi connectivity index (χ4n) is 1.96. The summed E-state index contributed by atoms with van der Waals surface area (Å²) in [4.78, 5) is 24.4. The highest BCUT2D eigenvalue weighted by molar-refractivity contribution is 7.08. The lowest BCUT2D eigenvalue weighted by Gasteiger charge is -2.17. The van der Waals surface area contributed by atoms with E-state index in [0.717, 1.165) is 12.8 Å². The van der Waals surface area contributed by atoms with Crippen LogP contribution in [0.25, 0.3) is 0 Å². The van der Waals surface area contributed by atoms with Crippen molar-refractivity contribution >= 4 is 23.2 Å². The van der Waals surface area contributed by atoms with E-state index in [1.807, 2.05) is 18.2 Å². The molecule has 1 heterocycles. The van der Waals surface area contributed by atoms with Gasteiger partial charge in [0.05, 0.1) is 5.56 Å². The average Bonchev–Trinajstić information content (AvgIpc) is 3.15. The molecule has 1 N–H and O–H groups in total. The first-order chi connectivity index (χ1) is 10.2. The highest BCUT2D eigenvalue weighted by atomic mass is 32.1. The van der Waals surface area contributed by atoms with Gasteiger partial charge in [-0.05, 0) is 24.3 Å². The van der Waals surface area contributed by atoms with Crippen LogP contribution in [0.3, 0.4) is 0 Å². The van der Waals surface area contributed by atoms with Gasteiger partial charge in [-0.25, -0.2) is 4.79 Å². The Morgan fingerprint density at radius 2 is 1.95 bits per heavy atom. The minimum Gasteiger partial charge on any atom is -0.444 e. The molecule has 4 nitrogen and oxygen atoms in total. The van der Waals surface area contributed by atoms with Gasteiger partial charge in [0, 0.05) is 17.0 Å². The summed E-state index contributed by atoms with van der Waals surface area (Å²) in [6.07, 6.45) is 1.08. The molecule has 0 saturated heterocycles. The van der Waals surface area contributed by atoms with Gasteiger partial charge in [0.15, 0.2) is 0 Å². The second-order valence-corrected chi connectivity index (χ2v) is 5.77. The van der Waals surface area contributed by atoms with Gasteiger partial charge in [-0.1, -0.05) is 30.3 Å². The van der Waals surface area contributed by atoms with Crippen LogP contribution in [-0.4, -0.2) is 17.9 Å². The first kappa shape index (κ1) is 13.8. The summed E-state index contributed by atoms with van der Waals surface area (Å²) in [6, 6.07) is 11.0. The van der Waals surface area contributed by atoms with Crippen molar-refractivity contribution in [3.05, 3.63) is 58.3 Å². The summed E-state index contributed by atoms with van der Waals surface area (Å²) in [7, 11) is 0. The maximum Gasteiger partial charge on any atom is 0.340 e. The van der Waals surface area contributed by atoms with Gasteiger partial charge in [0.2, 0.25) is 6.10 Å². The summed E-state index contributed by atoms with van der Waals surface area (Å²) in [5, 5.41) is 6.40. The lowest BCUT2D eigenvalue weighted by atomic mass is 10.1. The number of amides is 1. The van der Waals surface area contributed by atoms with Gasteiger partial charge in [0.25, 0.3) is 5.91 Å². The Morgan fingerprint density at radius 1 is 1.19 bits per heavy atom. The van der Waals surface area contributed by atoms with Gasteiger partial charge < -0.3 is 10.1 Å². The molecule has 108 valence electrons. The monoisotopic (exact) mass is 301 g/mol. The maximum absolute atomic E-state index is 12.3. The molecule has 1 aliphatic rings. The molecule has 3 rings (SSSR count). The third-order valence-corrected chi connectivity index (χ3v) is 3.93. The Labute approximate surface area is 126 Å². The number of rotatable bonds is 5. The van der Waals surface area contributed by atoms with Crippen LogP contribution in [0.15, 0.2) is 47.2 Å². The first-order valence-electron chi connectivity index (χ1n) is 6.82. The Balaban J connectivity index is 1.78. The van der Waals surface area contributed by atoms with Crippen molar-refractivity contribution in [1.82, 2.24) is 5.32 Å². The third-order valence-electron chi connectivity index (χ3n) is 3.25. The molecular formula is C16H15NO3S. The Kier molecular flexibility index (Phi) is 4.01. The number of hydrogen-bond donors (Lipinski definition) is 1. The molecule has 0 radical (unpaired) electrons. The van der Waals surface area contributed by atoms with E-state index < -0.39 is 12.1 Å². The summed E-state index contributed by atoms with van der Waals surface area (Å²) in [6.45, 7) is 0. The summed E-state index contributed by atoms with van der Waals surface area (Å²) in [5.41, 5.74) is 1.15. The zero-order chi connectivity index (χ0) is 14.7. The molecule has 21 heavy (non-hydrogen) atoms. The largest absolute Gasteiger partial charge is 0.444 e. The number of carbonyl (C=O) groups is 2. The molecule has 0 bridgehead atoms. The Hall–Kier alpha value is -2.14. The molecule has 1 atom stereocenters. The highest BCUT2D eigenvalue weighted by Crippen LogP contribution is 2.24. The molecule has 1 aromatic carbocycles. The molecular weight excluding hydrogens is 286 g/mol. The topological polar surface area (TPSA) is 55.4 Å². The van der Waals surface area contributed by atoms with Crippen LogP contribution < -0.4 is 5.32 Å². The molecule has 1 amide bonds. The van der Waals surface area contributed by atoms with Crippen molar-refractivity contribution in [1.29, 1.82) is 0 Å². The lowest BCUT2D eigenvalue weighted by molar-refractivity contribution is -0.130. The van der Waals surface area contributed by atoms with Crippen molar-refractivity contribution in [2.24, 2.45) is 0 Å². The van der Waals surface area contributed by atoms with Crippen LogP contribution in [0.1, 0.15) is 34.9 Å². The molecule has 5 heteroatoms. The van der Waals surface area contributed by atoms with Crippen molar-refractivity contribution in [3.63, 3.8) is 0 Å². The van der Waals surface area contributed by atoms with Crippen molar-refractivity contribution < 1.29 is 14.3 Å². The van der Waals surface area contributed by atoms with Crippen LogP contribution in [0.5, 0.6) is 0 Å². The quantitative estimate of drug-likeness (QED) is 0.864. The van der Waals surface area contributed by atoms with Crippen LogP contribution in [0.4, 0.5) is 0 Å². The highest BCUT2D eigenvalue weighted by Gasteiger charge is 2.31. The Bertz CT molecular complexity index is 620. The van der Waals surface area contributed by atoms with Crippen LogP contribution in [-0.2, 0) is 9.53 Å². The second kappa shape index (κ2) is 6.10. The van der Waals surface area contributed by atoms with Crippen LogP contribution in [0, 0.1) is 0 Å². The Morgan fingerprint density at radius 3 is 2.57 bits per heavy atom. The summed E-state index contributed by atoms with van der Waals surface area (Å²) < 4.78 is 5.43. The van der Waals surface area contributed by atoms with Gasteiger partial charge in [-0.15, -0.1) is 0 Å². The number of nitrogens with one attached hydrogen (secondary N) is 1. The molecule has 2 aromatic rings. The molecule has 0 spiro atoms. The van der Waals surface area contributed by atoms with Gasteiger partial charge >= 0.3 is 5.97 Å². The van der Waals surface area contributed by atoms with Crippen molar-refractivity contribution in [3.8, 4) is 0 Å². The van der Waals surface area contributed by atoms with E-state index in [1.54, 1.807) is 29.0 Å². The zero-order valence-electron chi connectivity index (χ0n) is 11.3. The van der Waals surface area contributed by atoms with Crippen molar-refractivity contribution in [2.45, 2.75) is 25.0 Å². The first-order valence-corrected chi connectivity index (χ1v) is 7.77. The normalized spacial score (nSPS) is 15.2. The molecule has 1 unspecified atom stereocenters. The molecule has 1 aliphatic carbocycles. The fourth-order valence-corrected chi connectivity index (χ4v) is 2.59. The number of benzene rings is 1. The van der Waals surface area contributed by atoms with Crippen LogP contribution >= 0.6 is 11.3 Å². The molecule has 1 aromatic heterocycles. The van der Waals surface area contributed by atoms with Crippen LogP contribution in [0.2, 0.25) is 0 Å². The molecule has 0 aliphatic heterocycles. The maximum atomic E-state index is 12.3. The standard InChI is InChI=1S/C16H15NO3S/c18-15(17-13-6-7-13)14(11-4-2-1-3-5-11)20-16(19)12-8-9-21-10-12/h1-5,8-10,13-14H,6-7H2,(H,17,18). The van der Waals surface area contributed by atoms with E-state index in [9.17, 15) is 9.59 Å². The van der Waals surface area contributed by atoms with Gasteiger partial charge in [0.1, 0.15) is 0 Å².